The maximum Gasteiger partial charge on any atom is 0.412 e. The van der Waals surface area contributed by atoms with E-state index in [0.29, 0.717) is 22.4 Å². The van der Waals surface area contributed by atoms with Gasteiger partial charge in [0.05, 0.1) is 4.92 Å². The molecule has 10 heteroatoms. The van der Waals surface area contributed by atoms with Crippen LogP contribution in [0.3, 0.4) is 0 Å². The Morgan fingerprint density at radius 3 is 2.47 bits per heavy atom. The summed E-state index contributed by atoms with van der Waals surface area (Å²) in [6, 6.07) is 10.9. The Labute approximate surface area is 171 Å². The number of hydrogen-bond donors (Lipinski definition) is 4. The molecule has 4 N–H and O–H groups in total. The van der Waals surface area contributed by atoms with Gasteiger partial charge in [0.15, 0.2) is 0 Å². The van der Waals surface area contributed by atoms with Gasteiger partial charge in [-0.2, -0.15) is 0 Å². The highest BCUT2D eigenvalue weighted by atomic mass is 16.6. The number of carbonyl (C=O) groups excluding carboxylic acids is 1. The highest BCUT2D eigenvalue weighted by Crippen LogP contribution is 2.34. The fraction of sp³-hybridized carbons (Fsp3) is 0.200. The lowest BCUT2D eigenvalue weighted by atomic mass is 10.1. The zero-order valence-corrected chi connectivity index (χ0v) is 16.5. The van der Waals surface area contributed by atoms with Crippen molar-refractivity contribution in [3.8, 4) is 0 Å². The lowest BCUT2D eigenvalue weighted by molar-refractivity contribution is -0.383. The summed E-state index contributed by atoms with van der Waals surface area (Å²) in [5, 5.41) is 26.6. The van der Waals surface area contributed by atoms with Crippen molar-refractivity contribution in [2.45, 2.75) is 26.4 Å². The zero-order chi connectivity index (χ0) is 22.1. The van der Waals surface area contributed by atoms with Crippen LogP contribution in [0, 0.1) is 10.1 Å². The Morgan fingerprint density at radius 1 is 1.13 bits per heavy atom. The van der Waals surface area contributed by atoms with Crippen molar-refractivity contribution >= 4 is 45.7 Å². The van der Waals surface area contributed by atoms with Gasteiger partial charge in [0, 0.05) is 28.5 Å². The number of aromatic amines is 1. The number of carboxylic acids is 1. The highest BCUT2D eigenvalue weighted by molar-refractivity contribution is 6.03. The minimum atomic E-state index is -1.23. The van der Waals surface area contributed by atoms with Gasteiger partial charge in [-0.15, -0.1) is 0 Å². The molecule has 0 aliphatic heterocycles. The summed E-state index contributed by atoms with van der Waals surface area (Å²) in [5.74, 6) is -1.23. The summed E-state index contributed by atoms with van der Waals surface area (Å²) in [7, 11) is 0. The molecule has 0 aliphatic rings. The zero-order valence-electron chi connectivity index (χ0n) is 16.5. The average molecular weight is 412 g/mol. The number of non-ortho nitro benzene ring substituents is 1. The molecule has 0 fully saturated rings. The van der Waals surface area contributed by atoms with Crippen LogP contribution >= 0.6 is 0 Å². The van der Waals surface area contributed by atoms with Gasteiger partial charge in [-0.25, -0.2) is 9.59 Å². The molecule has 0 saturated carbocycles. The number of carboxylic acid groups (broad SMARTS) is 1. The van der Waals surface area contributed by atoms with Crippen LogP contribution in [0.4, 0.5) is 27.5 Å². The minimum Gasteiger partial charge on any atom is -0.477 e. The molecule has 10 nitrogen and oxygen atoms in total. The van der Waals surface area contributed by atoms with Gasteiger partial charge >= 0.3 is 12.1 Å². The summed E-state index contributed by atoms with van der Waals surface area (Å²) in [6.45, 7) is 5.27. The Bertz CT molecular complexity index is 1150. The molecule has 1 amide bonds. The normalized spacial score (nSPS) is 11.2. The van der Waals surface area contributed by atoms with Crippen molar-refractivity contribution in [3.63, 3.8) is 0 Å². The van der Waals surface area contributed by atoms with Crippen molar-refractivity contribution in [3.05, 3.63) is 58.3 Å². The largest absolute Gasteiger partial charge is 0.477 e. The maximum atomic E-state index is 12.0. The van der Waals surface area contributed by atoms with Crippen molar-refractivity contribution < 1.29 is 24.4 Å². The summed E-state index contributed by atoms with van der Waals surface area (Å²) < 4.78 is 5.22. The molecule has 2 aromatic carbocycles. The van der Waals surface area contributed by atoms with E-state index in [9.17, 15) is 24.8 Å². The van der Waals surface area contributed by atoms with Crippen LogP contribution in [0.5, 0.6) is 0 Å². The smallest absolute Gasteiger partial charge is 0.412 e. The molecule has 0 spiro atoms. The van der Waals surface area contributed by atoms with Gasteiger partial charge in [-0.3, -0.25) is 15.4 Å². The molecule has 3 aromatic rings. The molecule has 1 aromatic heterocycles. The van der Waals surface area contributed by atoms with Crippen LogP contribution in [0.25, 0.3) is 10.9 Å². The number of hydrogen-bond acceptors (Lipinski definition) is 6. The topological polar surface area (TPSA) is 147 Å². The Hall–Kier alpha value is -4.08. The van der Waals surface area contributed by atoms with Crippen LogP contribution in [-0.2, 0) is 4.74 Å². The number of nitrogens with zero attached hydrogens (tertiary/aromatic N) is 1. The molecule has 3 rings (SSSR count). The number of rotatable bonds is 5. The number of nitro groups is 1. The van der Waals surface area contributed by atoms with Crippen molar-refractivity contribution in [2.75, 3.05) is 10.6 Å². The summed E-state index contributed by atoms with van der Waals surface area (Å²) in [4.78, 5) is 36.5. The molecule has 0 radical (unpaired) electrons. The minimum absolute atomic E-state index is 0.102. The van der Waals surface area contributed by atoms with Gasteiger partial charge in [0.25, 0.3) is 5.69 Å². The first-order chi connectivity index (χ1) is 14.0. The fourth-order valence-corrected chi connectivity index (χ4v) is 2.83. The van der Waals surface area contributed by atoms with E-state index in [1.807, 2.05) is 0 Å². The third-order valence-corrected chi connectivity index (χ3v) is 3.99. The van der Waals surface area contributed by atoms with E-state index in [4.69, 9.17) is 4.74 Å². The number of aromatic carboxylic acids is 1. The number of ether oxygens (including phenoxy) is 1. The van der Waals surface area contributed by atoms with E-state index in [2.05, 4.69) is 15.6 Å². The number of amides is 1. The molecule has 0 aliphatic carbocycles. The lowest BCUT2D eigenvalue weighted by Gasteiger charge is -2.19. The Kier molecular flexibility index (Phi) is 5.33. The van der Waals surface area contributed by atoms with Crippen molar-refractivity contribution in [2.24, 2.45) is 0 Å². The number of H-pyrrole nitrogens is 1. The predicted molar refractivity (Wildman–Crippen MR) is 111 cm³/mol. The molecule has 30 heavy (non-hydrogen) atoms. The van der Waals surface area contributed by atoms with Gasteiger partial charge < -0.3 is 20.1 Å². The summed E-state index contributed by atoms with van der Waals surface area (Å²) >= 11 is 0. The summed E-state index contributed by atoms with van der Waals surface area (Å²) in [5.41, 5.74) is 0.593. The number of nitrogens with one attached hydrogen (secondary N) is 3. The monoisotopic (exact) mass is 412 g/mol. The van der Waals surface area contributed by atoms with Gasteiger partial charge in [-0.05, 0) is 51.1 Å². The molecule has 0 saturated heterocycles. The number of fused-ring (bicyclic) bond motifs is 1. The Balaban J connectivity index is 1.91. The Morgan fingerprint density at radius 2 is 1.83 bits per heavy atom. The quantitative estimate of drug-likeness (QED) is 0.345. The third-order valence-electron chi connectivity index (χ3n) is 3.99. The third kappa shape index (κ3) is 4.66. The van der Waals surface area contributed by atoms with Gasteiger partial charge in [0.1, 0.15) is 16.8 Å². The van der Waals surface area contributed by atoms with Gasteiger partial charge in [0.2, 0.25) is 0 Å². The van der Waals surface area contributed by atoms with E-state index in [0.717, 1.165) is 0 Å². The molecule has 0 atom stereocenters. The number of benzene rings is 2. The van der Waals surface area contributed by atoms with E-state index in [1.54, 1.807) is 45.0 Å². The molecule has 156 valence electrons. The second kappa shape index (κ2) is 7.74. The first-order valence-corrected chi connectivity index (χ1v) is 8.94. The second-order valence-corrected chi connectivity index (χ2v) is 7.50. The van der Waals surface area contributed by atoms with Crippen molar-refractivity contribution in [1.29, 1.82) is 0 Å². The van der Waals surface area contributed by atoms with Crippen LogP contribution in [-0.4, -0.2) is 32.7 Å². The van der Waals surface area contributed by atoms with E-state index < -0.39 is 22.6 Å². The van der Waals surface area contributed by atoms with Gasteiger partial charge in [-0.1, -0.05) is 6.07 Å². The number of anilines is 3. The van der Waals surface area contributed by atoms with E-state index >= 15 is 0 Å². The number of nitro benzene ring substituents is 1. The SMILES string of the molecule is CC(C)(C)OC(=O)Nc1cccc(Nc2ccc([N+](=O)[O-])c3[nH]c(C(=O)O)cc23)c1. The van der Waals surface area contributed by atoms with Crippen LogP contribution < -0.4 is 10.6 Å². The average Bonchev–Trinajstić information content (AvgIpc) is 3.06. The van der Waals surface area contributed by atoms with Crippen molar-refractivity contribution in [1.82, 2.24) is 4.98 Å². The van der Waals surface area contributed by atoms with Crippen LogP contribution in [0.1, 0.15) is 31.3 Å². The van der Waals surface area contributed by atoms with Crippen LogP contribution in [0.15, 0.2) is 42.5 Å². The first-order valence-electron chi connectivity index (χ1n) is 8.94. The molecular weight excluding hydrogens is 392 g/mol. The van der Waals surface area contributed by atoms with E-state index in [-0.39, 0.29) is 16.9 Å². The predicted octanol–water partition coefficient (Wildman–Crippen LogP) is 4.86. The molecular formula is C20H20N4O6. The fourth-order valence-electron chi connectivity index (χ4n) is 2.83. The molecule has 1 heterocycles. The lowest BCUT2D eigenvalue weighted by Crippen LogP contribution is -2.27. The standard InChI is InChI=1S/C20H20N4O6/c1-20(2,3)30-19(27)22-12-6-4-5-11(9-12)21-14-7-8-16(24(28)29)17-13(14)10-15(23-17)18(25)26/h4-10,21,23H,1-3H3,(H,22,27)(H,25,26). The van der Waals surface area contributed by atoms with E-state index in [1.165, 1.54) is 18.2 Å². The number of carbonyl (C=O) groups is 2. The molecule has 0 bridgehead atoms. The highest BCUT2D eigenvalue weighted by Gasteiger charge is 2.20. The molecule has 0 unspecified atom stereocenters. The second-order valence-electron chi connectivity index (χ2n) is 7.50. The number of aromatic nitrogens is 1. The first kappa shape index (κ1) is 20.6. The summed E-state index contributed by atoms with van der Waals surface area (Å²) in [6.07, 6.45) is -0.603. The maximum absolute atomic E-state index is 12.0. The van der Waals surface area contributed by atoms with Crippen LogP contribution in [0.2, 0.25) is 0 Å².